The van der Waals surface area contributed by atoms with Gasteiger partial charge in [-0.3, -0.25) is 4.79 Å². The van der Waals surface area contributed by atoms with Crippen molar-refractivity contribution in [2.24, 2.45) is 11.8 Å². The van der Waals surface area contributed by atoms with Gasteiger partial charge in [0.15, 0.2) is 0 Å². The second-order valence-corrected chi connectivity index (χ2v) is 7.16. The number of anilines is 2. The summed E-state index contributed by atoms with van der Waals surface area (Å²) in [7, 11) is 0. The zero-order valence-corrected chi connectivity index (χ0v) is 13.4. The van der Waals surface area contributed by atoms with Gasteiger partial charge >= 0.3 is 0 Å². The number of hydrogen-bond acceptors (Lipinski definition) is 6. The van der Waals surface area contributed by atoms with E-state index in [0.717, 1.165) is 43.6 Å². The van der Waals surface area contributed by atoms with Crippen LogP contribution in [0.4, 0.5) is 11.6 Å². The van der Waals surface area contributed by atoms with E-state index in [9.17, 15) is 4.79 Å². The Bertz CT molecular complexity index is 782. The van der Waals surface area contributed by atoms with Crippen LogP contribution in [0.1, 0.15) is 24.6 Å². The minimum absolute atomic E-state index is 0.153. The lowest BCUT2D eigenvalue weighted by Gasteiger charge is -2.23. The van der Waals surface area contributed by atoms with Crippen molar-refractivity contribution < 1.29 is 0 Å². The van der Waals surface area contributed by atoms with Crippen LogP contribution in [0.25, 0.3) is 0 Å². The predicted molar refractivity (Wildman–Crippen MR) is 90.3 cm³/mol. The summed E-state index contributed by atoms with van der Waals surface area (Å²) in [6, 6.07) is 5.39. The van der Waals surface area contributed by atoms with Gasteiger partial charge in [0.05, 0.1) is 0 Å². The third-order valence-electron chi connectivity index (χ3n) is 5.40. The van der Waals surface area contributed by atoms with Crippen molar-refractivity contribution >= 4 is 11.6 Å². The smallest absolute Gasteiger partial charge is 0.264 e. The van der Waals surface area contributed by atoms with E-state index in [1.807, 2.05) is 18.3 Å². The molecule has 7 nitrogen and oxygen atoms in total. The van der Waals surface area contributed by atoms with Crippen molar-refractivity contribution in [1.29, 1.82) is 0 Å². The van der Waals surface area contributed by atoms with Crippen molar-refractivity contribution in [1.82, 2.24) is 20.2 Å². The molecule has 2 aromatic rings. The molecule has 124 valence electrons. The minimum Gasteiger partial charge on any atom is -0.356 e. The molecule has 0 aromatic carbocycles. The van der Waals surface area contributed by atoms with E-state index in [0.29, 0.717) is 17.8 Å². The molecule has 3 aliphatic rings. The third kappa shape index (κ3) is 2.44. The highest BCUT2D eigenvalue weighted by Gasteiger charge is 2.41. The number of hydrogen-bond donors (Lipinski definition) is 1. The van der Waals surface area contributed by atoms with Crippen LogP contribution in [-0.2, 0) is 0 Å². The maximum Gasteiger partial charge on any atom is 0.264 e. The molecule has 2 atom stereocenters. The van der Waals surface area contributed by atoms with Gasteiger partial charge in [-0.15, -0.1) is 0 Å². The van der Waals surface area contributed by atoms with Crippen LogP contribution in [0, 0.1) is 11.8 Å². The summed E-state index contributed by atoms with van der Waals surface area (Å²) >= 11 is 0. The van der Waals surface area contributed by atoms with Gasteiger partial charge in [-0.1, -0.05) is 0 Å². The van der Waals surface area contributed by atoms with Crippen molar-refractivity contribution in [3.63, 3.8) is 0 Å². The van der Waals surface area contributed by atoms with E-state index in [1.54, 1.807) is 6.07 Å². The number of H-pyrrole nitrogens is 1. The largest absolute Gasteiger partial charge is 0.356 e. The molecule has 7 heteroatoms. The number of fused-ring (bicyclic) bond motifs is 1. The molecule has 2 saturated heterocycles. The van der Waals surface area contributed by atoms with E-state index in [4.69, 9.17) is 4.98 Å². The molecule has 1 aliphatic carbocycles. The van der Waals surface area contributed by atoms with Gasteiger partial charge in [-0.05, 0) is 25.0 Å². The van der Waals surface area contributed by atoms with Crippen LogP contribution >= 0.6 is 0 Å². The standard InChI is InChI=1S/C17H20N6O/c24-16-4-3-15(20-21-16)23-9-12-7-22(8-13(12)10-23)14-5-6-18-17(19-14)11-1-2-11/h3-6,11-13H,1-2,7-10H2,(H,21,24). The van der Waals surface area contributed by atoms with E-state index in [2.05, 4.69) is 25.0 Å². The number of aromatic amines is 1. The topological polar surface area (TPSA) is 78.0 Å². The zero-order valence-electron chi connectivity index (χ0n) is 13.4. The summed E-state index contributed by atoms with van der Waals surface area (Å²) in [6.45, 7) is 4.04. The van der Waals surface area contributed by atoms with E-state index < -0.39 is 0 Å². The van der Waals surface area contributed by atoms with Crippen LogP contribution in [-0.4, -0.2) is 46.3 Å². The summed E-state index contributed by atoms with van der Waals surface area (Å²) < 4.78 is 0. The monoisotopic (exact) mass is 324 g/mol. The number of nitrogens with one attached hydrogen (secondary N) is 1. The quantitative estimate of drug-likeness (QED) is 0.908. The Kier molecular flexibility index (Phi) is 3.08. The first-order valence-electron chi connectivity index (χ1n) is 8.65. The molecule has 2 aliphatic heterocycles. The van der Waals surface area contributed by atoms with E-state index >= 15 is 0 Å². The second kappa shape index (κ2) is 5.29. The summed E-state index contributed by atoms with van der Waals surface area (Å²) in [6.07, 6.45) is 4.37. The van der Waals surface area contributed by atoms with Crippen LogP contribution in [0.3, 0.4) is 0 Å². The Hall–Kier alpha value is -2.44. The van der Waals surface area contributed by atoms with Gasteiger partial charge in [0.1, 0.15) is 17.5 Å². The van der Waals surface area contributed by atoms with Gasteiger partial charge in [0, 0.05) is 56.2 Å². The maximum atomic E-state index is 11.2. The molecular weight excluding hydrogens is 304 g/mol. The first-order chi connectivity index (χ1) is 11.8. The highest BCUT2D eigenvalue weighted by Crippen LogP contribution is 2.39. The fraction of sp³-hybridized carbons (Fsp3) is 0.529. The van der Waals surface area contributed by atoms with Gasteiger partial charge in [0.25, 0.3) is 5.56 Å². The summed E-state index contributed by atoms with van der Waals surface area (Å²) in [5.74, 6) is 4.80. The Morgan fingerprint density at radius 1 is 0.958 bits per heavy atom. The Morgan fingerprint density at radius 2 is 1.67 bits per heavy atom. The van der Waals surface area contributed by atoms with Gasteiger partial charge in [-0.2, -0.15) is 5.10 Å². The van der Waals surface area contributed by atoms with Crippen LogP contribution in [0.15, 0.2) is 29.2 Å². The molecule has 0 radical (unpaired) electrons. The first kappa shape index (κ1) is 13.9. The lowest BCUT2D eigenvalue weighted by molar-refractivity contribution is 0.533. The molecule has 0 amide bonds. The Labute approximate surface area is 139 Å². The zero-order chi connectivity index (χ0) is 16.1. The predicted octanol–water partition coefficient (Wildman–Crippen LogP) is 1.01. The van der Waals surface area contributed by atoms with Crippen LogP contribution in [0.5, 0.6) is 0 Å². The molecule has 2 aromatic heterocycles. The lowest BCUT2D eigenvalue weighted by atomic mass is 10.0. The van der Waals surface area contributed by atoms with Crippen LogP contribution in [0.2, 0.25) is 0 Å². The summed E-state index contributed by atoms with van der Waals surface area (Å²) in [5.41, 5.74) is -0.153. The molecule has 2 unspecified atom stereocenters. The van der Waals surface area contributed by atoms with E-state index in [-0.39, 0.29) is 5.56 Å². The summed E-state index contributed by atoms with van der Waals surface area (Å²) in [5, 5.41) is 6.68. The molecule has 0 bridgehead atoms. The highest BCUT2D eigenvalue weighted by molar-refractivity contribution is 5.44. The average Bonchev–Trinajstić information content (AvgIpc) is 3.26. The minimum atomic E-state index is -0.153. The summed E-state index contributed by atoms with van der Waals surface area (Å²) in [4.78, 5) is 25.0. The van der Waals surface area contributed by atoms with E-state index in [1.165, 1.54) is 12.8 Å². The fourth-order valence-electron chi connectivity index (χ4n) is 3.96. The van der Waals surface area contributed by atoms with Gasteiger partial charge in [-0.25, -0.2) is 15.1 Å². The SMILES string of the molecule is O=c1ccc(N2CC3CN(c4ccnc(C5CC5)n4)CC3C2)n[nH]1. The molecule has 0 spiro atoms. The molecule has 3 fully saturated rings. The van der Waals surface area contributed by atoms with Crippen molar-refractivity contribution in [2.45, 2.75) is 18.8 Å². The third-order valence-corrected chi connectivity index (χ3v) is 5.40. The lowest BCUT2D eigenvalue weighted by Crippen LogP contribution is -2.30. The van der Waals surface area contributed by atoms with Gasteiger partial charge in [0.2, 0.25) is 0 Å². The second-order valence-electron chi connectivity index (χ2n) is 7.16. The van der Waals surface area contributed by atoms with Crippen molar-refractivity contribution in [2.75, 3.05) is 36.0 Å². The molecule has 5 rings (SSSR count). The van der Waals surface area contributed by atoms with Gasteiger partial charge < -0.3 is 9.80 Å². The molecule has 24 heavy (non-hydrogen) atoms. The van der Waals surface area contributed by atoms with Crippen molar-refractivity contribution in [3.8, 4) is 0 Å². The number of nitrogens with zero attached hydrogens (tertiary/aromatic N) is 5. The van der Waals surface area contributed by atoms with Crippen molar-refractivity contribution in [3.05, 3.63) is 40.6 Å². The number of rotatable bonds is 3. The maximum absolute atomic E-state index is 11.2. The number of aromatic nitrogens is 4. The normalized spacial score (nSPS) is 26.0. The molecule has 4 heterocycles. The first-order valence-corrected chi connectivity index (χ1v) is 8.65. The Balaban J connectivity index is 1.29. The molecule has 1 saturated carbocycles. The fourth-order valence-corrected chi connectivity index (χ4v) is 3.96. The Morgan fingerprint density at radius 3 is 2.29 bits per heavy atom. The molecule has 1 N–H and O–H groups in total. The van der Waals surface area contributed by atoms with Crippen LogP contribution < -0.4 is 15.4 Å². The average molecular weight is 324 g/mol. The molecular formula is C17H20N6O. The highest BCUT2D eigenvalue weighted by atomic mass is 16.1.